The summed E-state index contributed by atoms with van der Waals surface area (Å²) >= 11 is 0. The summed E-state index contributed by atoms with van der Waals surface area (Å²) in [5, 5.41) is 0. The fraction of sp³-hybridized carbons (Fsp3) is 0.300. The first-order valence-corrected chi connectivity index (χ1v) is 4.37. The van der Waals surface area contributed by atoms with Gasteiger partial charge in [-0.2, -0.15) is 0 Å². The molecule has 0 radical (unpaired) electrons. The Hall–Kier alpha value is -1.51. The maximum atomic E-state index is 5.53. The van der Waals surface area contributed by atoms with Gasteiger partial charge >= 0.3 is 0 Å². The van der Waals surface area contributed by atoms with Crippen LogP contribution in [0.25, 0.3) is 5.52 Å². The molecule has 0 aliphatic heterocycles. The SMILES string of the molecule is CCOc1c(C)cn2ccncc12. The Kier molecular flexibility index (Phi) is 1.93. The van der Waals surface area contributed by atoms with Gasteiger partial charge < -0.3 is 9.14 Å². The third-order valence-electron chi connectivity index (χ3n) is 2.00. The van der Waals surface area contributed by atoms with Crippen molar-refractivity contribution in [1.29, 1.82) is 0 Å². The second-order valence-electron chi connectivity index (χ2n) is 2.94. The molecule has 0 spiro atoms. The van der Waals surface area contributed by atoms with Gasteiger partial charge in [0.2, 0.25) is 0 Å². The summed E-state index contributed by atoms with van der Waals surface area (Å²) in [6.07, 6.45) is 7.55. The number of aryl methyl sites for hydroxylation is 1. The predicted molar refractivity (Wildman–Crippen MR) is 51.1 cm³/mol. The van der Waals surface area contributed by atoms with Crippen molar-refractivity contribution in [3.8, 4) is 5.75 Å². The van der Waals surface area contributed by atoms with Crippen molar-refractivity contribution < 1.29 is 4.74 Å². The molecular weight excluding hydrogens is 164 g/mol. The zero-order chi connectivity index (χ0) is 9.26. The monoisotopic (exact) mass is 176 g/mol. The van der Waals surface area contributed by atoms with Crippen LogP contribution in [-0.2, 0) is 0 Å². The standard InChI is InChI=1S/C10H12N2O/c1-3-13-10-8(2)7-12-5-4-11-6-9(10)12/h4-7H,3H2,1-2H3. The molecule has 3 heteroatoms. The van der Waals surface area contributed by atoms with Gasteiger partial charge in [-0.3, -0.25) is 4.98 Å². The Morgan fingerprint density at radius 2 is 2.38 bits per heavy atom. The van der Waals surface area contributed by atoms with Crippen LogP contribution in [0.15, 0.2) is 24.8 Å². The highest BCUT2D eigenvalue weighted by molar-refractivity contribution is 5.63. The van der Waals surface area contributed by atoms with Gasteiger partial charge in [0.05, 0.1) is 12.8 Å². The lowest BCUT2D eigenvalue weighted by Gasteiger charge is -2.01. The third-order valence-corrected chi connectivity index (χ3v) is 2.00. The van der Waals surface area contributed by atoms with E-state index in [2.05, 4.69) is 4.98 Å². The topological polar surface area (TPSA) is 26.5 Å². The van der Waals surface area contributed by atoms with E-state index in [-0.39, 0.29) is 0 Å². The van der Waals surface area contributed by atoms with Gasteiger partial charge in [0, 0.05) is 24.2 Å². The fourth-order valence-corrected chi connectivity index (χ4v) is 1.46. The third kappa shape index (κ3) is 1.26. The molecule has 0 saturated carbocycles. The van der Waals surface area contributed by atoms with Crippen LogP contribution in [0.4, 0.5) is 0 Å². The largest absolute Gasteiger partial charge is 0.491 e. The molecule has 0 amide bonds. The molecule has 0 aliphatic carbocycles. The van der Waals surface area contributed by atoms with E-state index in [1.54, 1.807) is 6.20 Å². The minimum Gasteiger partial charge on any atom is -0.491 e. The van der Waals surface area contributed by atoms with E-state index in [0.717, 1.165) is 16.8 Å². The maximum Gasteiger partial charge on any atom is 0.149 e. The lowest BCUT2D eigenvalue weighted by molar-refractivity contribution is 0.342. The Labute approximate surface area is 77.0 Å². The van der Waals surface area contributed by atoms with Crippen LogP contribution in [0, 0.1) is 6.92 Å². The second-order valence-corrected chi connectivity index (χ2v) is 2.94. The highest BCUT2D eigenvalue weighted by atomic mass is 16.5. The van der Waals surface area contributed by atoms with Crippen molar-refractivity contribution in [2.45, 2.75) is 13.8 Å². The van der Waals surface area contributed by atoms with Crippen molar-refractivity contribution in [1.82, 2.24) is 9.38 Å². The molecule has 0 unspecified atom stereocenters. The molecular formula is C10H12N2O. The first-order valence-electron chi connectivity index (χ1n) is 4.37. The Bertz CT molecular complexity index is 420. The van der Waals surface area contributed by atoms with Gasteiger partial charge in [-0.25, -0.2) is 0 Å². The van der Waals surface area contributed by atoms with Gasteiger partial charge in [0.15, 0.2) is 0 Å². The van der Waals surface area contributed by atoms with Crippen LogP contribution in [0.1, 0.15) is 12.5 Å². The lowest BCUT2D eigenvalue weighted by Crippen LogP contribution is -1.92. The fourth-order valence-electron chi connectivity index (χ4n) is 1.46. The molecule has 2 rings (SSSR count). The minimum absolute atomic E-state index is 0.690. The van der Waals surface area contributed by atoms with E-state index >= 15 is 0 Å². The smallest absolute Gasteiger partial charge is 0.149 e. The average Bonchev–Trinajstić information content (AvgIpc) is 2.44. The predicted octanol–water partition coefficient (Wildman–Crippen LogP) is 2.04. The van der Waals surface area contributed by atoms with Crippen molar-refractivity contribution in [3.63, 3.8) is 0 Å². The van der Waals surface area contributed by atoms with Crippen LogP contribution >= 0.6 is 0 Å². The number of hydrogen-bond acceptors (Lipinski definition) is 2. The molecule has 3 nitrogen and oxygen atoms in total. The zero-order valence-corrected chi connectivity index (χ0v) is 7.82. The van der Waals surface area contributed by atoms with Crippen LogP contribution in [-0.4, -0.2) is 16.0 Å². The minimum atomic E-state index is 0.690. The highest BCUT2D eigenvalue weighted by Crippen LogP contribution is 2.25. The summed E-state index contributed by atoms with van der Waals surface area (Å²) in [6, 6.07) is 0. The van der Waals surface area contributed by atoms with Gasteiger partial charge in [0.1, 0.15) is 11.3 Å². The molecule has 0 bridgehead atoms. The summed E-state index contributed by atoms with van der Waals surface area (Å²) < 4.78 is 7.55. The number of fused-ring (bicyclic) bond motifs is 1. The van der Waals surface area contributed by atoms with E-state index in [9.17, 15) is 0 Å². The second kappa shape index (κ2) is 3.09. The molecule has 2 heterocycles. The number of ether oxygens (including phenoxy) is 1. The average molecular weight is 176 g/mol. The maximum absolute atomic E-state index is 5.53. The summed E-state index contributed by atoms with van der Waals surface area (Å²) in [5.74, 6) is 0.940. The van der Waals surface area contributed by atoms with E-state index < -0.39 is 0 Å². The van der Waals surface area contributed by atoms with E-state index in [1.165, 1.54) is 0 Å². The molecule has 2 aromatic heterocycles. The Morgan fingerprint density at radius 3 is 3.15 bits per heavy atom. The van der Waals surface area contributed by atoms with Crippen LogP contribution in [0.5, 0.6) is 5.75 Å². The van der Waals surface area contributed by atoms with Gasteiger partial charge in [-0.15, -0.1) is 0 Å². The lowest BCUT2D eigenvalue weighted by atomic mass is 10.3. The number of rotatable bonds is 2. The van der Waals surface area contributed by atoms with Crippen LogP contribution < -0.4 is 4.74 Å². The highest BCUT2D eigenvalue weighted by Gasteiger charge is 2.06. The molecule has 0 saturated heterocycles. The molecule has 0 N–H and O–H groups in total. The summed E-state index contributed by atoms with van der Waals surface area (Å²) in [4.78, 5) is 4.07. The quantitative estimate of drug-likeness (QED) is 0.700. The van der Waals surface area contributed by atoms with Gasteiger partial charge in [-0.05, 0) is 13.8 Å². The number of nitrogens with zero attached hydrogens (tertiary/aromatic N) is 2. The van der Waals surface area contributed by atoms with E-state index in [0.29, 0.717) is 6.61 Å². The van der Waals surface area contributed by atoms with Crippen molar-refractivity contribution >= 4 is 5.52 Å². The molecule has 0 atom stereocenters. The summed E-state index contributed by atoms with van der Waals surface area (Å²) in [7, 11) is 0. The molecule has 0 aromatic carbocycles. The molecule has 68 valence electrons. The molecule has 0 fully saturated rings. The Balaban J connectivity index is 2.64. The first-order chi connectivity index (χ1) is 6.33. The van der Waals surface area contributed by atoms with Gasteiger partial charge in [0.25, 0.3) is 0 Å². The van der Waals surface area contributed by atoms with E-state index in [4.69, 9.17) is 4.74 Å². The molecule has 13 heavy (non-hydrogen) atoms. The van der Waals surface area contributed by atoms with Crippen molar-refractivity contribution in [2.24, 2.45) is 0 Å². The van der Waals surface area contributed by atoms with Crippen LogP contribution in [0.3, 0.4) is 0 Å². The first kappa shape index (κ1) is 8.10. The van der Waals surface area contributed by atoms with E-state index in [1.807, 2.05) is 36.8 Å². The Morgan fingerprint density at radius 1 is 1.54 bits per heavy atom. The van der Waals surface area contributed by atoms with Crippen molar-refractivity contribution in [3.05, 3.63) is 30.4 Å². The summed E-state index contributed by atoms with van der Waals surface area (Å²) in [5.41, 5.74) is 2.18. The van der Waals surface area contributed by atoms with Gasteiger partial charge in [-0.1, -0.05) is 0 Å². The number of aromatic nitrogens is 2. The molecule has 2 aromatic rings. The zero-order valence-electron chi connectivity index (χ0n) is 7.82. The summed E-state index contributed by atoms with van der Waals surface area (Å²) in [6.45, 7) is 4.71. The normalized spacial score (nSPS) is 10.6. The number of hydrogen-bond donors (Lipinski definition) is 0. The van der Waals surface area contributed by atoms with Crippen LogP contribution in [0.2, 0.25) is 0 Å². The van der Waals surface area contributed by atoms with Crippen molar-refractivity contribution in [2.75, 3.05) is 6.61 Å². The molecule has 0 aliphatic rings.